The van der Waals surface area contributed by atoms with Crippen molar-refractivity contribution in [2.45, 2.75) is 38.1 Å². The maximum atomic E-state index is 13.6. The highest BCUT2D eigenvalue weighted by atomic mass is 19.1. The number of carbonyl (C=O) groups excluding carboxylic acids is 2. The van der Waals surface area contributed by atoms with Crippen molar-refractivity contribution in [1.82, 2.24) is 15.1 Å². The third-order valence-electron chi connectivity index (χ3n) is 5.11. The quantitative estimate of drug-likeness (QED) is 0.857. The van der Waals surface area contributed by atoms with E-state index in [2.05, 4.69) is 10.2 Å². The van der Waals surface area contributed by atoms with Gasteiger partial charge in [-0.25, -0.2) is 4.39 Å². The second kappa shape index (κ2) is 8.43. The Kier molecular flexibility index (Phi) is 6.02. The summed E-state index contributed by atoms with van der Waals surface area (Å²) < 4.78 is 13.6. The highest BCUT2D eigenvalue weighted by Crippen LogP contribution is 2.21. The first-order valence-corrected chi connectivity index (χ1v) is 9.19. The van der Waals surface area contributed by atoms with E-state index in [0.29, 0.717) is 6.04 Å². The van der Waals surface area contributed by atoms with Gasteiger partial charge in [0.25, 0.3) is 5.91 Å². The Hall–Kier alpha value is -1.95. The smallest absolute Gasteiger partial charge is 0.254 e. The van der Waals surface area contributed by atoms with E-state index in [1.165, 1.54) is 25.0 Å². The molecule has 5 nitrogen and oxygen atoms in total. The standard InChI is InChI=1S/C19H26FN3O2/c20-17-8-2-1-7-16(17)19(25)21-10-9-18(24)23-13-5-6-15(23)14-22-11-3-4-12-22/h1-2,7-8,15H,3-6,9-14H2,(H,21,25)/t15-/m0/s1. The van der Waals surface area contributed by atoms with Crippen molar-refractivity contribution in [3.63, 3.8) is 0 Å². The van der Waals surface area contributed by atoms with Crippen LogP contribution in [0, 0.1) is 5.82 Å². The number of carbonyl (C=O) groups is 2. The third-order valence-corrected chi connectivity index (χ3v) is 5.11. The molecule has 1 N–H and O–H groups in total. The lowest BCUT2D eigenvalue weighted by Crippen LogP contribution is -2.43. The van der Waals surface area contributed by atoms with Gasteiger partial charge in [0.15, 0.2) is 0 Å². The number of nitrogens with zero attached hydrogens (tertiary/aromatic N) is 2. The highest BCUT2D eigenvalue weighted by molar-refractivity contribution is 5.94. The zero-order valence-corrected chi connectivity index (χ0v) is 14.5. The molecule has 3 rings (SSSR count). The van der Waals surface area contributed by atoms with Crippen molar-refractivity contribution >= 4 is 11.8 Å². The molecule has 2 amide bonds. The molecule has 2 fully saturated rings. The minimum atomic E-state index is -0.545. The molecule has 136 valence electrons. The lowest BCUT2D eigenvalue weighted by molar-refractivity contribution is -0.132. The topological polar surface area (TPSA) is 52.7 Å². The fraction of sp³-hybridized carbons (Fsp3) is 0.579. The molecule has 2 aliphatic heterocycles. The van der Waals surface area contributed by atoms with Gasteiger partial charge in [0.05, 0.1) is 5.56 Å². The van der Waals surface area contributed by atoms with Gasteiger partial charge in [0.2, 0.25) is 5.91 Å². The number of likely N-dealkylation sites (tertiary alicyclic amines) is 2. The second-order valence-corrected chi connectivity index (χ2v) is 6.88. The van der Waals surface area contributed by atoms with Gasteiger partial charge in [-0.2, -0.15) is 0 Å². The molecule has 2 saturated heterocycles. The van der Waals surface area contributed by atoms with E-state index in [1.54, 1.807) is 12.1 Å². The maximum absolute atomic E-state index is 13.6. The van der Waals surface area contributed by atoms with Gasteiger partial charge in [0.1, 0.15) is 5.82 Å². The Morgan fingerprint density at radius 3 is 2.64 bits per heavy atom. The van der Waals surface area contributed by atoms with Gasteiger partial charge < -0.3 is 15.1 Å². The molecule has 0 bridgehead atoms. The molecule has 1 atom stereocenters. The largest absolute Gasteiger partial charge is 0.351 e. The Balaban J connectivity index is 1.45. The summed E-state index contributed by atoms with van der Waals surface area (Å²) >= 11 is 0. The Bertz CT molecular complexity index is 616. The van der Waals surface area contributed by atoms with Crippen molar-refractivity contribution in [2.75, 3.05) is 32.7 Å². The number of benzene rings is 1. The first-order valence-electron chi connectivity index (χ1n) is 9.19. The molecule has 0 radical (unpaired) electrons. The minimum absolute atomic E-state index is 0.0167. The molecule has 25 heavy (non-hydrogen) atoms. The van der Waals surface area contributed by atoms with Crippen LogP contribution >= 0.6 is 0 Å². The number of nitrogens with one attached hydrogen (secondary N) is 1. The van der Waals surface area contributed by atoms with Crippen molar-refractivity contribution in [2.24, 2.45) is 0 Å². The van der Waals surface area contributed by atoms with E-state index in [4.69, 9.17) is 0 Å². The van der Waals surface area contributed by atoms with E-state index in [1.807, 2.05) is 4.90 Å². The fourth-order valence-corrected chi connectivity index (χ4v) is 3.78. The van der Waals surface area contributed by atoms with Crippen LogP contribution in [0.15, 0.2) is 24.3 Å². The molecule has 1 aromatic rings. The zero-order valence-electron chi connectivity index (χ0n) is 14.5. The Morgan fingerprint density at radius 2 is 1.88 bits per heavy atom. The lowest BCUT2D eigenvalue weighted by Gasteiger charge is -2.28. The van der Waals surface area contributed by atoms with Crippen LogP contribution in [0.2, 0.25) is 0 Å². The van der Waals surface area contributed by atoms with Gasteiger partial charge in [-0.3, -0.25) is 9.59 Å². The van der Waals surface area contributed by atoms with Crippen LogP contribution in [0.25, 0.3) is 0 Å². The van der Waals surface area contributed by atoms with Crippen molar-refractivity contribution in [3.05, 3.63) is 35.6 Å². The van der Waals surface area contributed by atoms with Gasteiger partial charge in [0, 0.05) is 32.1 Å². The molecule has 1 aromatic carbocycles. The van der Waals surface area contributed by atoms with E-state index in [9.17, 15) is 14.0 Å². The lowest BCUT2D eigenvalue weighted by atomic mass is 10.2. The molecule has 6 heteroatoms. The van der Waals surface area contributed by atoms with Crippen LogP contribution in [0.3, 0.4) is 0 Å². The molecule has 0 saturated carbocycles. The molecule has 0 spiro atoms. The average molecular weight is 347 g/mol. The second-order valence-electron chi connectivity index (χ2n) is 6.88. The number of hydrogen-bond acceptors (Lipinski definition) is 3. The van der Waals surface area contributed by atoms with Gasteiger partial charge in [-0.05, 0) is 50.9 Å². The summed E-state index contributed by atoms with van der Waals surface area (Å²) in [5.41, 5.74) is 0.0167. The first-order chi connectivity index (χ1) is 12.1. The molecule has 0 aliphatic carbocycles. The summed E-state index contributed by atoms with van der Waals surface area (Å²) in [6, 6.07) is 6.17. The number of rotatable bonds is 6. The third kappa shape index (κ3) is 4.57. The minimum Gasteiger partial charge on any atom is -0.351 e. The summed E-state index contributed by atoms with van der Waals surface area (Å²) in [6.07, 6.45) is 4.87. The van der Waals surface area contributed by atoms with Crippen LogP contribution in [0.4, 0.5) is 4.39 Å². The number of hydrogen-bond donors (Lipinski definition) is 1. The van der Waals surface area contributed by atoms with Crippen LogP contribution in [0.5, 0.6) is 0 Å². The molecule has 2 heterocycles. The Labute approximate surface area is 148 Å². The predicted molar refractivity (Wildman–Crippen MR) is 93.8 cm³/mol. The van der Waals surface area contributed by atoms with E-state index >= 15 is 0 Å². The monoisotopic (exact) mass is 347 g/mol. The summed E-state index contributed by atoms with van der Waals surface area (Å²) in [5, 5.41) is 2.65. The summed E-state index contributed by atoms with van der Waals surface area (Å²) in [4.78, 5) is 28.9. The highest BCUT2D eigenvalue weighted by Gasteiger charge is 2.30. The van der Waals surface area contributed by atoms with Gasteiger partial charge >= 0.3 is 0 Å². The summed E-state index contributed by atoms with van der Waals surface area (Å²) in [5.74, 6) is -0.937. The zero-order chi connectivity index (χ0) is 17.6. The predicted octanol–water partition coefficient (Wildman–Crippen LogP) is 2.03. The van der Waals surface area contributed by atoms with Crippen molar-refractivity contribution in [3.8, 4) is 0 Å². The molecule has 0 unspecified atom stereocenters. The van der Waals surface area contributed by atoms with Crippen LogP contribution < -0.4 is 5.32 Å². The summed E-state index contributed by atoms with van der Waals surface area (Å²) in [7, 11) is 0. The maximum Gasteiger partial charge on any atom is 0.254 e. The summed E-state index contributed by atoms with van der Waals surface area (Å²) in [6.45, 7) is 4.28. The Morgan fingerprint density at radius 1 is 1.12 bits per heavy atom. The normalized spacial score (nSPS) is 20.8. The SMILES string of the molecule is O=C(NCCC(=O)N1CCC[C@H]1CN1CCCC1)c1ccccc1F. The van der Waals surface area contributed by atoms with Crippen LogP contribution in [-0.2, 0) is 4.79 Å². The van der Waals surface area contributed by atoms with Crippen LogP contribution in [-0.4, -0.2) is 60.4 Å². The van der Waals surface area contributed by atoms with Crippen molar-refractivity contribution in [1.29, 1.82) is 0 Å². The number of amides is 2. The van der Waals surface area contributed by atoms with Gasteiger partial charge in [-0.1, -0.05) is 12.1 Å². The first kappa shape index (κ1) is 17.9. The molecule has 0 aromatic heterocycles. The fourth-order valence-electron chi connectivity index (χ4n) is 3.78. The van der Waals surface area contributed by atoms with E-state index in [-0.39, 0.29) is 24.4 Å². The van der Waals surface area contributed by atoms with E-state index in [0.717, 1.165) is 39.0 Å². The van der Waals surface area contributed by atoms with E-state index < -0.39 is 11.7 Å². The average Bonchev–Trinajstić information content (AvgIpc) is 3.27. The molecule has 2 aliphatic rings. The van der Waals surface area contributed by atoms with Gasteiger partial charge in [-0.15, -0.1) is 0 Å². The molecular weight excluding hydrogens is 321 g/mol. The number of halogens is 1. The van der Waals surface area contributed by atoms with Crippen molar-refractivity contribution < 1.29 is 14.0 Å². The van der Waals surface area contributed by atoms with Crippen LogP contribution in [0.1, 0.15) is 42.5 Å². The molecular formula is C19H26FN3O2.